The number of likely N-dealkylation sites (N-methyl/N-ethyl adjacent to an activating group) is 1. The summed E-state index contributed by atoms with van der Waals surface area (Å²) >= 11 is 0. The Morgan fingerprint density at radius 1 is 1.09 bits per heavy atom. The quantitative estimate of drug-likeness (QED) is 0.476. The highest BCUT2D eigenvalue weighted by atomic mass is 15.3. The normalized spacial score (nSPS) is 16.5. The first-order valence-corrected chi connectivity index (χ1v) is 12.5. The Balaban J connectivity index is 1.40. The summed E-state index contributed by atoms with van der Waals surface area (Å²) in [4.78, 5) is 16.1. The van der Waals surface area contributed by atoms with E-state index in [1.165, 1.54) is 42.3 Å². The van der Waals surface area contributed by atoms with E-state index in [0.29, 0.717) is 6.54 Å². The van der Waals surface area contributed by atoms with Crippen LogP contribution >= 0.6 is 0 Å². The first kappa shape index (κ1) is 24.6. The van der Waals surface area contributed by atoms with Gasteiger partial charge in [-0.05, 0) is 67.3 Å². The summed E-state index contributed by atoms with van der Waals surface area (Å²) in [5.74, 6) is 1.48. The van der Waals surface area contributed by atoms with Gasteiger partial charge in [0, 0.05) is 69.5 Å². The molecule has 0 spiro atoms. The Hall–Kier alpha value is -3.52. The van der Waals surface area contributed by atoms with Crippen LogP contribution in [0.1, 0.15) is 31.7 Å². The van der Waals surface area contributed by atoms with E-state index < -0.39 is 0 Å². The van der Waals surface area contributed by atoms with Crippen molar-refractivity contribution in [2.24, 2.45) is 17.2 Å². The van der Waals surface area contributed by atoms with Gasteiger partial charge >= 0.3 is 0 Å². The van der Waals surface area contributed by atoms with Gasteiger partial charge in [-0.15, -0.1) is 0 Å². The second kappa shape index (κ2) is 11.8. The minimum absolute atomic E-state index is 0.611. The first-order valence-electron chi connectivity index (χ1n) is 12.5. The number of piperazine rings is 1. The van der Waals surface area contributed by atoms with Gasteiger partial charge in [0.15, 0.2) is 0 Å². The molecule has 1 saturated carbocycles. The number of anilines is 1. The summed E-state index contributed by atoms with van der Waals surface area (Å²) in [6, 6.07) is 8.66. The zero-order valence-electron chi connectivity index (χ0n) is 20.7. The average Bonchev–Trinajstić information content (AvgIpc) is 2.88. The molecule has 2 aromatic rings. The molecule has 4 rings (SSSR count). The third kappa shape index (κ3) is 5.95. The molecule has 2 fully saturated rings. The third-order valence-corrected chi connectivity index (χ3v) is 6.90. The number of aromatic nitrogens is 2. The van der Waals surface area contributed by atoms with E-state index in [1.807, 2.05) is 18.5 Å². The summed E-state index contributed by atoms with van der Waals surface area (Å²) in [6.07, 6.45) is 12.6. The molecule has 6 N–H and O–H groups in total. The molecule has 0 atom stereocenters. The average molecular weight is 475 g/mol. The van der Waals surface area contributed by atoms with Crippen LogP contribution in [0.25, 0.3) is 11.1 Å². The monoisotopic (exact) mass is 474 g/mol. The first-order chi connectivity index (χ1) is 17.1. The number of allylic oxidation sites excluding steroid dienone is 3. The van der Waals surface area contributed by atoms with Gasteiger partial charge in [-0.1, -0.05) is 18.2 Å². The second-order valence-electron chi connectivity index (χ2n) is 9.04. The summed E-state index contributed by atoms with van der Waals surface area (Å²) in [6.45, 7) is 7.92. The molecule has 1 saturated heterocycles. The molecule has 1 aromatic heterocycles. The highest BCUT2D eigenvalue weighted by molar-refractivity contribution is 5.63. The maximum absolute atomic E-state index is 6.12. The van der Waals surface area contributed by atoms with Crippen molar-refractivity contribution in [1.29, 1.82) is 0 Å². The fourth-order valence-electron chi connectivity index (χ4n) is 4.66. The largest absolute Gasteiger partial charge is 0.405 e. The molecular weight excluding hydrogens is 436 g/mol. The van der Waals surface area contributed by atoms with Crippen LogP contribution in [0.4, 0.5) is 5.95 Å². The lowest BCUT2D eigenvalue weighted by Gasteiger charge is -2.36. The van der Waals surface area contributed by atoms with Crippen LogP contribution < -0.4 is 22.1 Å². The van der Waals surface area contributed by atoms with Gasteiger partial charge in [-0.25, -0.2) is 9.97 Å². The fourth-order valence-corrected chi connectivity index (χ4v) is 4.66. The summed E-state index contributed by atoms with van der Waals surface area (Å²) in [5.41, 5.74) is 23.9. The van der Waals surface area contributed by atoms with Crippen molar-refractivity contribution in [2.45, 2.75) is 32.7 Å². The fraction of sp³-hybridized carbons (Fsp3) is 0.407. The van der Waals surface area contributed by atoms with Crippen LogP contribution in [0, 0.1) is 0 Å². The van der Waals surface area contributed by atoms with E-state index in [-0.39, 0.29) is 0 Å². The van der Waals surface area contributed by atoms with E-state index in [0.717, 1.165) is 62.2 Å². The van der Waals surface area contributed by atoms with Gasteiger partial charge in [0.2, 0.25) is 5.95 Å². The van der Waals surface area contributed by atoms with Crippen molar-refractivity contribution in [3.05, 3.63) is 77.7 Å². The zero-order valence-corrected chi connectivity index (χ0v) is 20.7. The van der Waals surface area contributed by atoms with Crippen LogP contribution in [-0.2, 0) is 6.54 Å². The molecule has 0 amide bonds. The highest BCUT2D eigenvalue weighted by Crippen LogP contribution is 2.31. The molecule has 1 aliphatic heterocycles. The maximum Gasteiger partial charge on any atom is 0.225 e. The van der Waals surface area contributed by atoms with Crippen molar-refractivity contribution < 1.29 is 0 Å². The van der Waals surface area contributed by atoms with Gasteiger partial charge in [-0.3, -0.25) is 0 Å². The Bertz CT molecular complexity index is 1060. The molecule has 0 radical (unpaired) electrons. The number of hydrogen-bond donors (Lipinski definition) is 3. The lowest BCUT2D eigenvalue weighted by atomic mass is 9.90. The predicted octanol–water partition coefficient (Wildman–Crippen LogP) is 2.76. The molecule has 2 aliphatic rings. The number of rotatable bonds is 9. The molecule has 1 aromatic carbocycles. The van der Waals surface area contributed by atoms with Crippen LogP contribution in [0.2, 0.25) is 0 Å². The van der Waals surface area contributed by atoms with Crippen LogP contribution in [0.5, 0.6) is 0 Å². The van der Waals surface area contributed by atoms with E-state index >= 15 is 0 Å². The minimum atomic E-state index is 0.611. The number of benzene rings is 1. The maximum atomic E-state index is 6.12. The van der Waals surface area contributed by atoms with Gasteiger partial charge in [0.25, 0.3) is 0 Å². The third-order valence-electron chi connectivity index (χ3n) is 6.90. The zero-order chi connectivity index (χ0) is 24.6. The van der Waals surface area contributed by atoms with E-state index in [1.54, 1.807) is 6.08 Å². The van der Waals surface area contributed by atoms with E-state index in [2.05, 4.69) is 55.9 Å². The molecule has 0 bridgehead atoms. The van der Waals surface area contributed by atoms with Crippen molar-refractivity contribution in [1.82, 2.24) is 19.8 Å². The number of hydrogen-bond acceptors (Lipinski definition) is 8. The molecule has 0 unspecified atom stereocenters. The minimum Gasteiger partial charge on any atom is -0.405 e. The van der Waals surface area contributed by atoms with Crippen molar-refractivity contribution in [2.75, 3.05) is 44.2 Å². The van der Waals surface area contributed by atoms with Gasteiger partial charge in [0.1, 0.15) is 0 Å². The van der Waals surface area contributed by atoms with E-state index in [4.69, 9.17) is 17.2 Å². The van der Waals surface area contributed by atoms with Crippen LogP contribution in [-0.4, -0.2) is 59.0 Å². The van der Waals surface area contributed by atoms with Crippen molar-refractivity contribution >= 4 is 5.95 Å². The Morgan fingerprint density at radius 2 is 1.83 bits per heavy atom. The molecule has 8 nitrogen and oxygen atoms in total. The molecular formula is C27H38N8. The van der Waals surface area contributed by atoms with E-state index in [9.17, 15) is 0 Å². The summed E-state index contributed by atoms with van der Waals surface area (Å²) in [7, 11) is 0. The Kier molecular flexibility index (Phi) is 8.26. The molecule has 2 heterocycles. The summed E-state index contributed by atoms with van der Waals surface area (Å²) in [5, 5.41) is 0. The lowest BCUT2D eigenvalue weighted by molar-refractivity contribution is 0.316. The van der Waals surface area contributed by atoms with Crippen molar-refractivity contribution in [3.8, 4) is 11.1 Å². The standard InChI is InChI=1S/C27H38N8/c1-2-33(25(17-29)22-7-4-8-22)20-21-6-3-9-23(16-21)24-18-31-27(32-19-24)35-14-12-34(13-15-35)26(30)10-5-11-28/h3,5-6,9-11,16,18-19H,2,4,7-8,12-15,17,20,28-30H2,1H3/b11-5-,26-10+. The van der Waals surface area contributed by atoms with Crippen LogP contribution in [0.3, 0.4) is 0 Å². The molecule has 1 aliphatic carbocycles. The Morgan fingerprint density at radius 3 is 2.43 bits per heavy atom. The van der Waals surface area contributed by atoms with Gasteiger partial charge < -0.3 is 31.9 Å². The highest BCUT2D eigenvalue weighted by Gasteiger charge is 2.20. The second-order valence-corrected chi connectivity index (χ2v) is 9.04. The lowest BCUT2D eigenvalue weighted by Crippen LogP contribution is -2.47. The smallest absolute Gasteiger partial charge is 0.225 e. The number of nitrogens with zero attached hydrogens (tertiary/aromatic N) is 5. The molecule has 186 valence electrons. The molecule has 8 heteroatoms. The van der Waals surface area contributed by atoms with Gasteiger partial charge in [-0.2, -0.15) is 0 Å². The van der Waals surface area contributed by atoms with Crippen molar-refractivity contribution in [3.63, 3.8) is 0 Å². The van der Waals surface area contributed by atoms with Crippen LogP contribution in [0.15, 0.2) is 72.1 Å². The number of nitrogens with two attached hydrogens (primary N) is 3. The van der Waals surface area contributed by atoms with Gasteiger partial charge in [0.05, 0.1) is 5.82 Å². The topological polar surface area (TPSA) is 114 Å². The Labute approximate surface area is 208 Å². The predicted molar refractivity (Wildman–Crippen MR) is 143 cm³/mol. The SMILES string of the molecule is CCN(Cc1cccc(-c2cnc(N3CCN(/C(N)=C/C=C\N)CC3)nc2)c1)C(CN)=C1CCC1. The summed E-state index contributed by atoms with van der Waals surface area (Å²) < 4.78 is 0. The molecule has 35 heavy (non-hydrogen) atoms.